The minimum atomic E-state index is 0.685. The molecule has 51 heavy (non-hydrogen) atoms. The fraction of sp³-hybridized carbons (Fsp3) is 0. The van der Waals surface area contributed by atoms with E-state index in [4.69, 9.17) is 18.8 Å². The molecule has 0 atom stereocenters. The summed E-state index contributed by atoms with van der Waals surface area (Å²) in [5.41, 5.74) is 11.6. The summed E-state index contributed by atoms with van der Waals surface area (Å²) in [4.78, 5) is 10.6. The van der Waals surface area contributed by atoms with Crippen LogP contribution in [0.25, 0.3) is 109 Å². The third-order valence-corrected chi connectivity index (χ3v) is 11.1. The van der Waals surface area contributed by atoms with E-state index in [1.165, 1.54) is 4.70 Å². The normalized spacial score (nSPS) is 11.9. The third kappa shape index (κ3) is 4.38. The van der Waals surface area contributed by atoms with Crippen molar-refractivity contribution in [2.24, 2.45) is 0 Å². The molecule has 0 aliphatic rings. The predicted octanol–water partition coefficient (Wildman–Crippen LogP) is 13.3. The van der Waals surface area contributed by atoms with E-state index in [0.29, 0.717) is 5.82 Å². The summed E-state index contributed by atoms with van der Waals surface area (Å²) in [6, 6.07) is 54.8. The molecule has 0 spiro atoms. The van der Waals surface area contributed by atoms with Gasteiger partial charge in [0.1, 0.15) is 22.3 Å². The second-order valence-electron chi connectivity index (χ2n) is 12.9. The summed E-state index contributed by atoms with van der Waals surface area (Å²) in [6.45, 7) is 0. The molecule has 4 heterocycles. The van der Waals surface area contributed by atoms with Crippen LogP contribution in [0.2, 0.25) is 0 Å². The molecule has 0 fully saturated rings. The van der Waals surface area contributed by atoms with Gasteiger partial charge in [-0.05, 0) is 41.5 Å². The van der Waals surface area contributed by atoms with Gasteiger partial charge >= 0.3 is 0 Å². The SMILES string of the molecule is c1cc(-c2nc(-c3cccc(-c4cccc5c4oc4ccccc45)c3)c3sc4ccccc4c3n2)cc(-c2cccc3c2oc2ccccc23)c1. The summed E-state index contributed by atoms with van der Waals surface area (Å²) >= 11 is 1.74. The quantitative estimate of drug-likeness (QED) is 0.187. The van der Waals surface area contributed by atoms with Crippen LogP contribution >= 0.6 is 11.3 Å². The molecule has 11 rings (SSSR count). The van der Waals surface area contributed by atoms with Gasteiger partial charge in [0.25, 0.3) is 0 Å². The van der Waals surface area contributed by atoms with Crippen LogP contribution in [0.15, 0.2) is 167 Å². The number of aromatic nitrogens is 2. The molecule has 11 aromatic rings. The largest absolute Gasteiger partial charge is 0.455 e. The highest BCUT2D eigenvalue weighted by Gasteiger charge is 2.19. The first-order chi connectivity index (χ1) is 25.3. The van der Waals surface area contributed by atoms with Crippen LogP contribution in [-0.2, 0) is 0 Å². The number of nitrogens with zero attached hydrogens (tertiary/aromatic N) is 2. The summed E-state index contributed by atoms with van der Waals surface area (Å²) in [6.07, 6.45) is 0. The molecule has 0 N–H and O–H groups in total. The lowest BCUT2D eigenvalue weighted by Crippen LogP contribution is -1.94. The smallest absolute Gasteiger partial charge is 0.160 e. The maximum Gasteiger partial charge on any atom is 0.160 e. The van der Waals surface area contributed by atoms with E-state index in [0.717, 1.165) is 98.6 Å². The van der Waals surface area contributed by atoms with E-state index in [-0.39, 0.29) is 0 Å². The molecule has 0 radical (unpaired) electrons. The zero-order valence-corrected chi connectivity index (χ0v) is 27.9. The van der Waals surface area contributed by atoms with Gasteiger partial charge in [-0.2, -0.15) is 0 Å². The predicted molar refractivity (Wildman–Crippen MR) is 211 cm³/mol. The van der Waals surface area contributed by atoms with Gasteiger partial charge in [0, 0.05) is 53.9 Å². The Hall–Kier alpha value is -6.56. The van der Waals surface area contributed by atoms with Crippen LogP contribution in [0.4, 0.5) is 0 Å². The average Bonchev–Trinajstić information content (AvgIpc) is 3.89. The summed E-state index contributed by atoms with van der Waals surface area (Å²) in [5, 5.41) is 5.59. The Balaban J connectivity index is 1.10. The van der Waals surface area contributed by atoms with Gasteiger partial charge in [-0.1, -0.05) is 127 Å². The number of fused-ring (bicyclic) bond motifs is 9. The molecule has 0 saturated carbocycles. The summed E-state index contributed by atoms with van der Waals surface area (Å²) < 4.78 is 15.1. The Bertz CT molecular complexity index is 3170. The van der Waals surface area contributed by atoms with Crippen LogP contribution < -0.4 is 0 Å². The van der Waals surface area contributed by atoms with E-state index >= 15 is 0 Å². The maximum absolute atomic E-state index is 6.43. The highest BCUT2D eigenvalue weighted by Crippen LogP contribution is 2.42. The standard InChI is InChI=1S/C46H26N2O2S/c1-4-22-38-33(15-1)35-20-9-18-31(43(35)49-38)27-11-7-13-29(25-27)41-45-42(37-17-3-6-24-40(37)51-45)48-46(47-41)30-14-8-12-28(26-30)32-19-10-21-36-34-16-2-5-23-39(34)50-44(32)36/h1-26H. The van der Waals surface area contributed by atoms with E-state index in [1.807, 2.05) is 24.3 Å². The number of para-hydroxylation sites is 4. The van der Waals surface area contributed by atoms with Crippen molar-refractivity contribution >= 4 is 75.5 Å². The molecule has 0 unspecified atom stereocenters. The molecular weight excluding hydrogens is 645 g/mol. The topological polar surface area (TPSA) is 52.1 Å². The van der Waals surface area contributed by atoms with Gasteiger partial charge in [-0.15, -0.1) is 11.3 Å². The minimum absolute atomic E-state index is 0.685. The molecule has 0 aliphatic heterocycles. The first-order valence-corrected chi connectivity index (χ1v) is 17.8. The first kappa shape index (κ1) is 28.3. The van der Waals surface area contributed by atoms with Crippen LogP contribution in [-0.4, -0.2) is 9.97 Å². The Morgan fingerprint density at radius 3 is 1.59 bits per heavy atom. The van der Waals surface area contributed by atoms with Gasteiger partial charge in [0.2, 0.25) is 0 Å². The van der Waals surface area contributed by atoms with Crippen molar-refractivity contribution in [3.05, 3.63) is 158 Å². The number of hydrogen-bond acceptors (Lipinski definition) is 5. The van der Waals surface area contributed by atoms with Crippen molar-refractivity contribution in [2.75, 3.05) is 0 Å². The lowest BCUT2D eigenvalue weighted by molar-refractivity contribution is 0.669. The fourth-order valence-electron chi connectivity index (χ4n) is 7.52. The fourth-order valence-corrected chi connectivity index (χ4v) is 8.68. The average molecular weight is 671 g/mol. The molecule has 0 amide bonds. The number of thiophene rings is 1. The Morgan fingerprint density at radius 1 is 0.412 bits per heavy atom. The Kier molecular flexibility index (Phi) is 6.09. The molecule has 5 heteroatoms. The highest BCUT2D eigenvalue weighted by molar-refractivity contribution is 7.26. The second-order valence-corrected chi connectivity index (χ2v) is 13.9. The zero-order valence-electron chi connectivity index (χ0n) is 27.1. The highest BCUT2D eigenvalue weighted by atomic mass is 32.1. The van der Waals surface area contributed by atoms with Gasteiger partial charge in [-0.3, -0.25) is 0 Å². The maximum atomic E-state index is 6.43. The molecule has 7 aromatic carbocycles. The number of benzene rings is 7. The molecule has 4 nitrogen and oxygen atoms in total. The monoisotopic (exact) mass is 670 g/mol. The van der Waals surface area contributed by atoms with E-state index in [9.17, 15) is 0 Å². The lowest BCUT2D eigenvalue weighted by atomic mass is 9.99. The first-order valence-electron chi connectivity index (χ1n) is 17.0. The lowest BCUT2D eigenvalue weighted by Gasteiger charge is -2.10. The molecule has 238 valence electrons. The molecule has 0 aliphatic carbocycles. The van der Waals surface area contributed by atoms with Crippen molar-refractivity contribution in [1.29, 1.82) is 0 Å². The van der Waals surface area contributed by atoms with Gasteiger partial charge in [0.05, 0.1) is 15.9 Å². The van der Waals surface area contributed by atoms with Gasteiger partial charge in [-0.25, -0.2) is 9.97 Å². The van der Waals surface area contributed by atoms with Gasteiger partial charge < -0.3 is 8.83 Å². The van der Waals surface area contributed by atoms with Crippen molar-refractivity contribution in [1.82, 2.24) is 9.97 Å². The van der Waals surface area contributed by atoms with Crippen LogP contribution in [0.1, 0.15) is 0 Å². The van der Waals surface area contributed by atoms with Crippen molar-refractivity contribution < 1.29 is 8.83 Å². The molecule has 0 bridgehead atoms. The van der Waals surface area contributed by atoms with Crippen LogP contribution in [0.3, 0.4) is 0 Å². The van der Waals surface area contributed by atoms with Crippen molar-refractivity contribution in [3.63, 3.8) is 0 Å². The third-order valence-electron chi connectivity index (χ3n) is 9.91. The van der Waals surface area contributed by atoms with Crippen LogP contribution in [0.5, 0.6) is 0 Å². The van der Waals surface area contributed by atoms with E-state index in [1.54, 1.807) is 11.3 Å². The van der Waals surface area contributed by atoms with E-state index in [2.05, 4.69) is 133 Å². The minimum Gasteiger partial charge on any atom is -0.455 e. The Labute approximate surface area is 295 Å². The Morgan fingerprint density at radius 2 is 0.922 bits per heavy atom. The molecular formula is C46H26N2O2S. The van der Waals surface area contributed by atoms with Crippen molar-refractivity contribution in [3.8, 4) is 44.9 Å². The number of hydrogen-bond donors (Lipinski definition) is 0. The van der Waals surface area contributed by atoms with E-state index < -0.39 is 0 Å². The molecule has 0 saturated heterocycles. The second kappa shape index (κ2) is 11.0. The number of furan rings is 2. The van der Waals surface area contributed by atoms with Crippen LogP contribution in [0, 0.1) is 0 Å². The van der Waals surface area contributed by atoms with Crippen molar-refractivity contribution in [2.45, 2.75) is 0 Å². The number of rotatable bonds is 4. The zero-order chi connectivity index (χ0) is 33.5. The molecule has 4 aromatic heterocycles. The summed E-state index contributed by atoms with van der Waals surface area (Å²) in [7, 11) is 0. The summed E-state index contributed by atoms with van der Waals surface area (Å²) in [5.74, 6) is 0.685. The van der Waals surface area contributed by atoms with Gasteiger partial charge in [0.15, 0.2) is 5.82 Å².